The molecule has 0 heterocycles. The van der Waals surface area contributed by atoms with Crippen LogP contribution in [0.15, 0.2) is 18.2 Å². The summed E-state index contributed by atoms with van der Waals surface area (Å²) in [6, 6.07) is 4.92. The highest BCUT2D eigenvalue weighted by molar-refractivity contribution is 6.35. The summed E-state index contributed by atoms with van der Waals surface area (Å²) >= 11 is 11.8. The molecule has 0 saturated carbocycles. The maximum Gasteiger partial charge on any atom is 0.316 e. The number of hydrogen-bond donors (Lipinski definition) is 0. The molecule has 0 bridgehead atoms. The summed E-state index contributed by atoms with van der Waals surface area (Å²) in [6.07, 6.45) is 0.514. The summed E-state index contributed by atoms with van der Waals surface area (Å²) in [6.45, 7) is 1.77. The van der Waals surface area contributed by atoms with Crippen LogP contribution in [0, 0.1) is 5.92 Å². The van der Waals surface area contributed by atoms with Gasteiger partial charge in [0.2, 0.25) is 0 Å². The van der Waals surface area contributed by atoms with E-state index in [1.54, 1.807) is 25.1 Å². The summed E-state index contributed by atoms with van der Waals surface area (Å²) in [5.74, 6) is -1.44. The second-order valence-corrected chi connectivity index (χ2v) is 4.71. The van der Waals surface area contributed by atoms with Crippen molar-refractivity contribution in [3.05, 3.63) is 33.8 Å². The van der Waals surface area contributed by atoms with Crippen LogP contribution < -0.4 is 0 Å². The lowest BCUT2D eigenvalue weighted by molar-refractivity contribution is -0.149. The Morgan fingerprint density at radius 1 is 1.33 bits per heavy atom. The maximum absolute atomic E-state index is 12.0. The van der Waals surface area contributed by atoms with Gasteiger partial charge < -0.3 is 4.74 Å². The van der Waals surface area contributed by atoms with Crippen molar-refractivity contribution < 1.29 is 14.3 Å². The van der Waals surface area contributed by atoms with Crippen LogP contribution in [0.4, 0.5) is 0 Å². The first-order chi connectivity index (χ1) is 8.49. The Bertz CT molecular complexity index is 458. The minimum absolute atomic E-state index is 0.101. The van der Waals surface area contributed by atoms with E-state index in [1.165, 1.54) is 7.11 Å². The molecule has 0 aromatic heterocycles. The van der Waals surface area contributed by atoms with E-state index in [0.717, 1.165) is 0 Å². The van der Waals surface area contributed by atoms with Crippen molar-refractivity contribution >= 4 is 35.0 Å². The largest absolute Gasteiger partial charge is 0.468 e. The van der Waals surface area contributed by atoms with E-state index < -0.39 is 11.9 Å². The Morgan fingerprint density at radius 2 is 2.00 bits per heavy atom. The molecule has 1 aromatic rings. The van der Waals surface area contributed by atoms with Gasteiger partial charge in [-0.2, -0.15) is 0 Å². The molecule has 5 heteroatoms. The van der Waals surface area contributed by atoms with Crippen LogP contribution >= 0.6 is 23.2 Å². The molecule has 0 spiro atoms. The number of halogens is 2. The van der Waals surface area contributed by atoms with E-state index in [9.17, 15) is 9.59 Å². The minimum Gasteiger partial charge on any atom is -0.468 e. The molecule has 0 aliphatic rings. The Labute approximate surface area is 116 Å². The molecule has 1 unspecified atom stereocenters. The molecule has 98 valence electrons. The number of ether oxygens (including phenoxy) is 1. The number of Topliss-reactive ketones (excluding diaryl/α,β-unsaturated/α-hetero) is 1. The van der Waals surface area contributed by atoms with E-state index in [1.807, 2.05) is 0 Å². The van der Waals surface area contributed by atoms with Gasteiger partial charge in [0.15, 0.2) is 5.78 Å². The number of carbonyl (C=O) groups is 2. The molecule has 1 rings (SSSR count). The molecule has 0 aliphatic carbocycles. The fourth-order valence-electron chi connectivity index (χ4n) is 1.64. The molecule has 0 radical (unpaired) electrons. The zero-order chi connectivity index (χ0) is 13.7. The predicted octanol–water partition coefficient (Wildman–Crippen LogP) is 3.30. The monoisotopic (exact) mass is 288 g/mol. The van der Waals surface area contributed by atoms with E-state index in [0.29, 0.717) is 22.0 Å². The van der Waals surface area contributed by atoms with Gasteiger partial charge >= 0.3 is 5.97 Å². The molecule has 0 aliphatic heterocycles. The Kier molecular flexibility index (Phi) is 5.63. The number of rotatable bonds is 5. The standard InChI is InChI=1S/C13H14Cl2O3/c1-3-10(13(17)18-2)12(16)6-8-4-5-9(14)7-11(8)15/h4-5,7,10H,3,6H2,1-2H3. The summed E-state index contributed by atoms with van der Waals surface area (Å²) in [5, 5.41) is 0.937. The highest BCUT2D eigenvalue weighted by atomic mass is 35.5. The molecule has 18 heavy (non-hydrogen) atoms. The fraction of sp³-hybridized carbons (Fsp3) is 0.385. The SMILES string of the molecule is CCC(C(=O)Cc1ccc(Cl)cc1Cl)C(=O)OC. The average Bonchev–Trinajstić information content (AvgIpc) is 2.33. The van der Waals surface area contributed by atoms with Crippen molar-refractivity contribution in [2.24, 2.45) is 5.92 Å². The normalized spacial score (nSPS) is 12.0. The molecule has 1 aromatic carbocycles. The van der Waals surface area contributed by atoms with Gasteiger partial charge in [0.25, 0.3) is 0 Å². The lowest BCUT2D eigenvalue weighted by atomic mass is 9.96. The molecule has 1 atom stereocenters. The van der Waals surface area contributed by atoms with E-state index in [4.69, 9.17) is 23.2 Å². The quantitative estimate of drug-likeness (QED) is 0.617. The lowest BCUT2D eigenvalue weighted by Crippen LogP contribution is -2.26. The van der Waals surface area contributed by atoms with Crippen LogP contribution in [0.1, 0.15) is 18.9 Å². The van der Waals surface area contributed by atoms with Crippen LogP contribution in [0.2, 0.25) is 10.0 Å². The first kappa shape index (κ1) is 15.0. The molecule has 3 nitrogen and oxygen atoms in total. The Morgan fingerprint density at radius 3 is 2.50 bits per heavy atom. The van der Waals surface area contributed by atoms with Gasteiger partial charge in [-0.3, -0.25) is 9.59 Å². The number of esters is 1. The molecule has 0 saturated heterocycles. The van der Waals surface area contributed by atoms with Crippen molar-refractivity contribution in [1.82, 2.24) is 0 Å². The van der Waals surface area contributed by atoms with Gasteiger partial charge in [-0.1, -0.05) is 36.2 Å². The predicted molar refractivity (Wildman–Crippen MR) is 71.0 cm³/mol. The summed E-state index contributed by atoms with van der Waals surface area (Å²) in [5.41, 5.74) is 0.661. The third kappa shape index (κ3) is 3.72. The first-order valence-electron chi connectivity index (χ1n) is 5.54. The van der Waals surface area contributed by atoms with Crippen LogP contribution in [-0.4, -0.2) is 18.9 Å². The fourth-order valence-corrected chi connectivity index (χ4v) is 2.12. The number of hydrogen-bond acceptors (Lipinski definition) is 3. The summed E-state index contributed by atoms with van der Waals surface area (Å²) in [4.78, 5) is 23.4. The molecule has 0 fully saturated rings. The van der Waals surface area contributed by atoms with Crippen molar-refractivity contribution in [1.29, 1.82) is 0 Å². The second kappa shape index (κ2) is 6.76. The van der Waals surface area contributed by atoms with Crippen molar-refractivity contribution in [3.8, 4) is 0 Å². The Balaban J connectivity index is 2.83. The average molecular weight is 289 g/mol. The van der Waals surface area contributed by atoms with Crippen molar-refractivity contribution in [3.63, 3.8) is 0 Å². The van der Waals surface area contributed by atoms with E-state index >= 15 is 0 Å². The topological polar surface area (TPSA) is 43.4 Å². The third-order valence-electron chi connectivity index (χ3n) is 2.66. The number of carbonyl (C=O) groups excluding carboxylic acids is 2. The Hall–Kier alpha value is -1.06. The first-order valence-corrected chi connectivity index (χ1v) is 6.29. The van der Waals surface area contributed by atoms with E-state index in [2.05, 4.69) is 4.74 Å². The van der Waals surface area contributed by atoms with Gasteiger partial charge in [-0.15, -0.1) is 0 Å². The van der Waals surface area contributed by atoms with Gasteiger partial charge in [0.05, 0.1) is 7.11 Å². The van der Waals surface area contributed by atoms with Gasteiger partial charge in [0, 0.05) is 16.5 Å². The molecular formula is C13H14Cl2O3. The van der Waals surface area contributed by atoms with Crippen LogP contribution in [0.25, 0.3) is 0 Å². The van der Waals surface area contributed by atoms with Crippen molar-refractivity contribution in [2.45, 2.75) is 19.8 Å². The minimum atomic E-state index is -0.734. The summed E-state index contributed by atoms with van der Waals surface area (Å²) in [7, 11) is 1.27. The van der Waals surface area contributed by atoms with Gasteiger partial charge in [-0.25, -0.2) is 0 Å². The van der Waals surface area contributed by atoms with Crippen LogP contribution in [0.3, 0.4) is 0 Å². The molecular weight excluding hydrogens is 275 g/mol. The van der Waals surface area contributed by atoms with Crippen LogP contribution in [0.5, 0.6) is 0 Å². The zero-order valence-corrected chi connectivity index (χ0v) is 11.7. The van der Waals surface area contributed by atoms with Crippen LogP contribution in [-0.2, 0) is 20.7 Å². The molecule has 0 amide bonds. The van der Waals surface area contributed by atoms with Gasteiger partial charge in [-0.05, 0) is 24.1 Å². The number of methoxy groups -OCH3 is 1. The highest BCUT2D eigenvalue weighted by Gasteiger charge is 2.25. The smallest absolute Gasteiger partial charge is 0.316 e. The third-order valence-corrected chi connectivity index (χ3v) is 3.25. The van der Waals surface area contributed by atoms with E-state index in [-0.39, 0.29) is 12.2 Å². The zero-order valence-electron chi connectivity index (χ0n) is 10.2. The van der Waals surface area contributed by atoms with Crippen molar-refractivity contribution in [2.75, 3.05) is 7.11 Å². The number of benzene rings is 1. The summed E-state index contributed by atoms with van der Waals surface area (Å²) < 4.78 is 4.60. The lowest BCUT2D eigenvalue weighted by Gasteiger charge is -2.11. The molecule has 0 N–H and O–H groups in total. The maximum atomic E-state index is 12.0. The highest BCUT2D eigenvalue weighted by Crippen LogP contribution is 2.23. The second-order valence-electron chi connectivity index (χ2n) is 3.86. The number of ketones is 1. The van der Waals surface area contributed by atoms with Gasteiger partial charge in [0.1, 0.15) is 5.92 Å².